The molecule has 108 valence electrons. The van der Waals surface area contributed by atoms with Gasteiger partial charge in [-0.25, -0.2) is 4.98 Å². The lowest BCUT2D eigenvalue weighted by molar-refractivity contribution is -0.118. The summed E-state index contributed by atoms with van der Waals surface area (Å²) in [7, 11) is 0. The summed E-state index contributed by atoms with van der Waals surface area (Å²) in [5, 5.41) is 2.58. The molecule has 1 amide bonds. The minimum atomic E-state index is -0.429. The number of carbonyl (C=O) groups is 1. The minimum absolute atomic E-state index is 0.122. The van der Waals surface area contributed by atoms with Crippen LogP contribution < -0.4 is 11.3 Å². The van der Waals surface area contributed by atoms with Crippen molar-refractivity contribution >= 4 is 38.8 Å². The van der Waals surface area contributed by atoms with Gasteiger partial charge in [-0.05, 0) is 19.1 Å². The second-order valence-electron chi connectivity index (χ2n) is 4.70. The highest BCUT2D eigenvalue weighted by Crippen LogP contribution is 2.34. The van der Waals surface area contributed by atoms with E-state index in [4.69, 9.17) is 5.73 Å². The van der Waals surface area contributed by atoms with Gasteiger partial charge < -0.3 is 5.73 Å². The van der Waals surface area contributed by atoms with Gasteiger partial charge in [-0.3, -0.25) is 14.2 Å². The second kappa shape index (κ2) is 5.42. The summed E-state index contributed by atoms with van der Waals surface area (Å²) in [6.45, 7) is 2.29. The molecule has 3 aromatic rings. The highest BCUT2D eigenvalue weighted by molar-refractivity contribution is 7.19. The number of nitrogens with two attached hydrogens (primary N) is 1. The summed E-state index contributed by atoms with van der Waals surface area (Å²) in [5.41, 5.74) is 5.93. The molecule has 0 unspecified atom stereocenters. The molecule has 0 bridgehead atoms. The van der Waals surface area contributed by atoms with Gasteiger partial charge in [-0.1, -0.05) is 0 Å². The zero-order valence-electron chi connectivity index (χ0n) is 11.3. The fourth-order valence-electron chi connectivity index (χ4n) is 2.12. The van der Waals surface area contributed by atoms with E-state index in [1.807, 2.05) is 24.4 Å². The first kappa shape index (κ1) is 14.0. The quantitative estimate of drug-likeness (QED) is 0.802. The Hall–Kier alpha value is -1.99. The Morgan fingerprint density at radius 2 is 2.24 bits per heavy atom. The number of thiophene rings is 2. The SMILES string of the molecule is Cc1ccc(-c2csc3ncn(CCC(N)=O)c(=O)c23)s1. The van der Waals surface area contributed by atoms with Crippen LogP contribution in [0.3, 0.4) is 0 Å². The van der Waals surface area contributed by atoms with E-state index >= 15 is 0 Å². The van der Waals surface area contributed by atoms with Crippen LogP contribution in [0.25, 0.3) is 20.7 Å². The Labute approximate surface area is 128 Å². The molecule has 2 N–H and O–H groups in total. The number of rotatable bonds is 4. The van der Waals surface area contributed by atoms with Gasteiger partial charge in [-0.15, -0.1) is 22.7 Å². The van der Waals surface area contributed by atoms with Crippen molar-refractivity contribution in [3.05, 3.63) is 39.1 Å². The zero-order chi connectivity index (χ0) is 15.0. The summed E-state index contributed by atoms with van der Waals surface area (Å²) >= 11 is 3.11. The number of hydrogen-bond donors (Lipinski definition) is 1. The molecule has 0 aromatic carbocycles. The average molecular weight is 319 g/mol. The van der Waals surface area contributed by atoms with E-state index in [0.29, 0.717) is 5.39 Å². The van der Waals surface area contributed by atoms with E-state index in [9.17, 15) is 9.59 Å². The molecular weight excluding hydrogens is 306 g/mol. The minimum Gasteiger partial charge on any atom is -0.370 e. The summed E-state index contributed by atoms with van der Waals surface area (Å²) in [6.07, 6.45) is 1.61. The van der Waals surface area contributed by atoms with Crippen molar-refractivity contribution < 1.29 is 4.79 Å². The van der Waals surface area contributed by atoms with Gasteiger partial charge in [0.15, 0.2) is 0 Å². The molecule has 0 atom stereocenters. The molecule has 5 nitrogen and oxygen atoms in total. The molecule has 3 rings (SSSR count). The lowest BCUT2D eigenvalue weighted by Crippen LogP contribution is -2.23. The largest absolute Gasteiger partial charge is 0.370 e. The maximum absolute atomic E-state index is 12.6. The van der Waals surface area contributed by atoms with E-state index in [1.54, 1.807) is 11.3 Å². The first-order valence-corrected chi connectivity index (χ1v) is 8.07. The molecule has 3 heterocycles. The Bertz CT molecular complexity index is 876. The standard InChI is InChI=1S/C14H13N3O2S2/c1-8-2-3-10(21-8)9-6-20-13-12(9)14(19)17(7-16-13)5-4-11(15)18/h2-3,6-7H,4-5H2,1H3,(H2,15,18). The maximum Gasteiger partial charge on any atom is 0.262 e. The second-order valence-corrected chi connectivity index (χ2v) is 6.85. The maximum atomic E-state index is 12.6. The molecule has 0 aliphatic heterocycles. The molecule has 0 spiro atoms. The number of hydrogen-bond acceptors (Lipinski definition) is 5. The summed E-state index contributed by atoms with van der Waals surface area (Å²) in [6, 6.07) is 4.05. The number of nitrogens with zero attached hydrogens (tertiary/aromatic N) is 2. The highest BCUT2D eigenvalue weighted by atomic mass is 32.1. The fourth-order valence-corrected chi connectivity index (χ4v) is 3.98. The Kier molecular flexibility index (Phi) is 3.60. The van der Waals surface area contributed by atoms with Gasteiger partial charge in [0.2, 0.25) is 5.91 Å². The van der Waals surface area contributed by atoms with Gasteiger partial charge >= 0.3 is 0 Å². The molecule has 21 heavy (non-hydrogen) atoms. The molecular formula is C14H13N3O2S2. The van der Waals surface area contributed by atoms with Crippen LogP contribution in [0.15, 0.2) is 28.6 Å². The van der Waals surface area contributed by atoms with Crippen molar-refractivity contribution in [1.82, 2.24) is 9.55 Å². The number of primary amides is 1. The van der Waals surface area contributed by atoms with Crippen molar-refractivity contribution in [2.24, 2.45) is 5.73 Å². The van der Waals surface area contributed by atoms with Crippen LogP contribution in [-0.2, 0) is 11.3 Å². The molecule has 0 aliphatic carbocycles. The van der Waals surface area contributed by atoms with Gasteiger partial charge in [-0.2, -0.15) is 0 Å². The summed E-state index contributed by atoms with van der Waals surface area (Å²) in [5.74, 6) is -0.429. The number of amides is 1. The van der Waals surface area contributed by atoms with Crippen LogP contribution in [0.1, 0.15) is 11.3 Å². The third kappa shape index (κ3) is 2.62. The van der Waals surface area contributed by atoms with Crippen LogP contribution >= 0.6 is 22.7 Å². The molecule has 0 saturated heterocycles. The van der Waals surface area contributed by atoms with Gasteiger partial charge in [0.25, 0.3) is 5.56 Å². The number of aryl methyl sites for hydroxylation is 2. The third-order valence-corrected chi connectivity index (χ3v) is 5.09. The molecule has 3 aromatic heterocycles. The number of carbonyl (C=O) groups excluding carboxylic acids is 1. The molecule has 0 aliphatic rings. The zero-order valence-corrected chi connectivity index (χ0v) is 13.0. The summed E-state index contributed by atoms with van der Waals surface area (Å²) < 4.78 is 1.45. The van der Waals surface area contributed by atoms with E-state index in [2.05, 4.69) is 4.98 Å². The van der Waals surface area contributed by atoms with Crippen molar-refractivity contribution in [2.45, 2.75) is 19.9 Å². The summed E-state index contributed by atoms with van der Waals surface area (Å²) in [4.78, 5) is 30.7. The van der Waals surface area contributed by atoms with Crippen LogP contribution in [0.5, 0.6) is 0 Å². The van der Waals surface area contributed by atoms with E-state index < -0.39 is 5.91 Å². The Morgan fingerprint density at radius 1 is 1.43 bits per heavy atom. The smallest absolute Gasteiger partial charge is 0.262 e. The van der Waals surface area contributed by atoms with Crippen LogP contribution in [0.4, 0.5) is 0 Å². The van der Waals surface area contributed by atoms with E-state index in [-0.39, 0.29) is 18.5 Å². The Morgan fingerprint density at radius 3 is 2.90 bits per heavy atom. The van der Waals surface area contributed by atoms with Crippen LogP contribution in [0, 0.1) is 6.92 Å². The average Bonchev–Trinajstić information content (AvgIpc) is 3.04. The molecule has 0 saturated carbocycles. The van der Waals surface area contributed by atoms with Crippen LogP contribution in [0.2, 0.25) is 0 Å². The van der Waals surface area contributed by atoms with Crippen molar-refractivity contribution in [2.75, 3.05) is 0 Å². The predicted octanol–water partition coefficient (Wildman–Crippen LogP) is 2.37. The number of aromatic nitrogens is 2. The number of fused-ring (bicyclic) bond motifs is 1. The van der Waals surface area contributed by atoms with Crippen molar-refractivity contribution in [3.8, 4) is 10.4 Å². The molecule has 0 radical (unpaired) electrons. The van der Waals surface area contributed by atoms with E-state index in [0.717, 1.165) is 15.3 Å². The van der Waals surface area contributed by atoms with Crippen molar-refractivity contribution in [3.63, 3.8) is 0 Å². The lowest BCUT2D eigenvalue weighted by Gasteiger charge is -2.03. The van der Waals surface area contributed by atoms with Gasteiger partial charge in [0.05, 0.1) is 11.7 Å². The van der Waals surface area contributed by atoms with Gasteiger partial charge in [0, 0.05) is 33.7 Å². The molecule has 0 fully saturated rings. The monoisotopic (exact) mass is 319 g/mol. The topological polar surface area (TPSA) is 78.0 Å². The van der Waals surface area contributed by atoms with E-state index in [1.165, 1.54) is 27.1 Å². The lowest BCUT2D eigenvalue weighted by atomic mass is 10.2. The highest BCUT2D eigenvalue weighted by Gasteiger charge is 2.14. The predicted molar refractivity (Wildman–Crippen MR) is 85.7 cm³/mol. The van der Waals surface area contributed by atoms with Crippen LogP contribution in [-0.4, -0.2) is 15.5 Å². The molecule has 7 heteroatoms. The van der Waals surface area contributed by atoms with Gasteiger partial charge in [0.1, 0.15) is 4.83 Å². The Balaban J connectivity index is 2.13. The fraction of sp³-hybridized carbons (Fsp3) is 0.214. The van der Waals surface area contributed by atoms with Crippen molar-refractivity contribution in [1.29, 1.82) is 0 Å². The normalized spacial score (nSPS) is 11.1. The first-order chi connectivity index (χ1) is 10.1. The third-order valence-electron chi connectivity index (χ3n) is 3.17. The first-order valence-electron chi connectivity index (χ1n) is 6.38.